The third-order valence-electron chi connectivity index (χ3n) is 3.26. The number of rotatable bonds is 6. The Labute approximate surface area is 113 Å². The number of hydrogen-bond donors (Lipinski definition) is 1. The summed E-state index contributed by atoms with van der Waals surface area (Å²) in [5.74, 6) is 0.704. The van der Waals surface area contributed by atoms with Gasteiger partial charge in [-0.05, 0) is 25.5 Å². The van der Waals surface area contributed by atoms with Gasteiger partial charge in [0.25, 0.3) is 0 Å². The van der Waals surface area contributed by atoms with Crippen LogP contribution in [0.2, 0.25) is 0 Å². The molecule has 2 unspecified atom stereocenters. The van der Waals surface area contributed by atoms with Crippen LogP contribution in [0.25, 0.3) is 0 Å². The Morgan fingerprint density at radius 3 is 2.95 bits per heavy atom. The molecule has 1 aromatic heterocycles. The fourth-order valence-electron chi connectivity index (χ4n) is 2.40. The molecule has 5 nitrogen and oxygen atoms in total. The van der Waals surface area contributed by atoms with Crippen LogP contribution in [-0.2, 0) is 16.0 Å². The highest BCUT2D eigenvalue weighted by Crippen LogP contribution is 2.15. The van der Waals surface area contributed by atoms with Crippen molar-refractivity contribution in [3.63, 3.8) is 0 Å². The molecule has 1 aromatic rings. The molecule has 1 aliphatic heterocycles. The van der Waals surface area contributed by atoms with Gasteiger partial charge in [-0.1, -0.05) is 6.92 Å². The topological polar surface area (TPSA) is 62.6 Å². The summed E-state index contributed by atoms with van der Waals surface area (Å²) >= 11 is 0. The minimum Gasteiger partial charge on any atom is -0.469 e. The zero-order chi connectivity index (χ0) is 13.8. The fourth-order valence-corrected chi connectivity index (χ4v) is 2.40. The van der Waals surface area contributed by atoms with Crippen molar-refractivity contribution in [1.29, 1.82) is 0 Å². The van der Waals surface area contributed by atoms with Crippen LogP contribution >= 0.6 is 0 Å². The largest absolute Gasteiger partial charge is 0.469 e. The lowest BCUT2D eigenvalue weighted by Crippen LogP contribution is -2.43. The van der Waals surface area contributed by atoms with E-state index in [0.29, 0.717) is 13.0 Å². The molecule has 0 radical (unpaired) electrons. The van der Waals surface area contributed by atoms with E-state index in [9.17, 15) is 9.59 Å². The van der Waals surface area contributed by atoms with Gasteiger partial charge in [0, 0.05) is 19.0 Å². The monoisotopic (exact) mass is 264 g/mol. The Kier molecular flexibility index (Phi) is 4.37. The summed E-state index contributed by atoms with van der Waals surface area (Å²) in [6, 6.07) is 3.46. The zero-order valence-corrected chi connectivity index (χ0v) is 11.4. The van der Waals surface area contributed by atoms with Gasteiger partial charge in [-0.2, -0.15) is 0 Å². The van der Waals surface area contributed by atoms with Crippen LogP contribution in [0, 0.1) is 0 Å². The quantitative estimate of drug-likeness (QED) is 0.788. The van der Waals surface area contributed by atoms with Gasteiger partial charge in [-0.15, -0.1) is 0 Å². The van der Waals surface area contributed by atoms with Gasteiger partial charge in [0.1, 0.15) is 5.76 Å². The van der Waals surface area contributed by atoms with Crippen LogP contribution in [0.5, 0.6) is 0 Å². The van der Waals surface area contributed by atoms with Gasteiger partial charge in [-0.3, -0.25) is 14.5 Å². The second kappa shape index (κ2) is 6.02. The van der Waals surface area contributed by atoms with Gasteiger partial charge in [0.15, 0.2) is 0 Å². The summed E-state index contributed by atoms with van der Waals surface area (Å²) in [4.78, 5) is 25.2. The molecular weight excluding hydrogens is 244 g/mol. The molecule has 5 heteroatoms. The molecule has 1 fully saturated rings. The lowest BCUT2D eigenvalue weighted by molar-refractivity contribution is -0.138. The highest BCUT2D eigenvalue weighted by molar-refractivity contribution is 6.05. The first kappa shape index (κ1) is 13.8. The van der Waals surface area contributed by atoms with Crippen LogP contribution < -0.4 is 5.32 Å². The molecule has 0 bridgehead atoms. The van der Waals surface area contributed by atoms with Crippen molar-refractivity contribution in [3.8, 4) is 0 Å². The number of nitrogens with zero attached hydrogens (tertiary/aromatic N) is 1. The molecular formula is C14H20N2O3. The van der Waals surface area contributed by atoms with E-state index < -0.39 is 0 Å². The standard InChI is InChI=1S/C14H20N2O3/c1-3-6-16-13(17)9-12(14(16)18)15-10(2)8-11-5-4-7-19-11/h4-5,7,10,12,15H,3,6,8-9H2,1-2H3. The molecule has 104 valence electrons. The van der Waals surface area contributed by atoms with Gasteiger partial charge in [0.05, 0.1) is 18.7 Å². The van der Waals surface area contributed by atoms with E-state index >= 15 is 0 Å². The molecule has 1 aliphatic rings. The first-order chi connectivity index (χ1) is 9.11. The van der Waals surface area contributed by atoms with E-state index in [4.69, 9.17) is 4.42 Å². The predicted octanol–water partition coefficient (Wildman–Crippen LogP) is 1.34. The number of hydrogen-bond acceptors (Lipinski definition) is 4. The number of carbonyl (C=O) groups excluding carboxylic acids is 2. The average molecular weight is 264 g/mol. The van der Waals surface area contributed by atoms with Crippen molar-refractivity contribution in [2.75, 3.05) is 6.54 Å². The Morgan fingerprint density at radius 2 is 2.32 bits per heavy atom. The lowest BCUT2D eigenvalue weighted by Gasteiger charge is -2.18. The lowest BCUT2D eigenvalue weighted by atomic mass is 10.1. The van der Waals surface area contributed by atoms with Crippen molar-refractivity contribution >= 4 is 11.8 Å². The first-order valence-electron chi connectivity index (χ1n) is 6.74. The summed E-state index contributed by atoms with van der Waals surface area (Å²) < 4.78 is 5.27. The maximum atomic E-state index is 12.1. The molecule has 2 atom stereocenters. The molecule has 19 heavy (non-hydrogen) atoms. The highest BCUT2D eigenvalue weighted by atomic mass is 16.3. The molecule has 1 N–H and O–H groups in total. The van der Waals surface area contributed by atoms with E-state index in [1.54, 1.807) is 6.26 Å². The van der Waals surface area contributed by atoms with E-state index in [0.717, 1.165) is 12.2 Å². The Balaban J connectivity index is 1.89. The maximum Gasteiger partial charge on any atom is 0.246 e. The number of carbonyl (C=O) groups is 2. The van der Waals surface area contributed by atoms with E-state index in [1.165, 1.54) is 4.90 Å². The maximum absolute atomic E-state index is 12.1. The van der Waals surface area contributed by atoms with Crippen molar-refractivity contribution in [3.05, 3.63) is 24.2 Å². The number of amides is 2. The molecule has 2 rings (SSSR count). The van der Waals surface area contributed by atoms with Crippen LogP contribution in [0.15, 0.2) is 22.8 Å². The van der Waals surface area contributed by atoms with E-state index in [1.807, 2.05) is 26.0 Å². The molecule has 0 aromatic carbocycles. The number of furan rings is 1. The van der Waals surface area contributed by atoms with Crippen molar-refractivity contribution in [2.45, 2.75) is 45.2 Å². The number of imide groups is 1. The Bertz CT molecular complexity index is 442. The second-order valence-electron chi connectivity index (χ2n) is 4.99. The minimum atomic E-state index is -0.385. The Morgan fingerprint density at radius 1 is 1.53 bits per heavy atom. The Hall–Kier alpha value is -1.62. The summed E-state index contributed by atoms with van der Waals surface area (Å²) in [6.07, 6.45) is 3.40. The molecule has 0 saturated carbocycles. The number of nitrogens with one attached hydrogen (secondary N) is 1. The fraction of sp³-hybridized carbons (Fsp3) is 0.571. The summed E-state index contributed by atoms with van der Waals surface area (Å²) in [6.45, 7) is 4.46. The zero-order valence-electron chi connectivity index (χ0n) is 11.4. The van der Waals surface area contributed by atoms with E-state index in [-0.39, 0.29) is 30.3 Å². The molecule has 0 spiro atoms. The van der Waals surface area contributed by atoms with Crippen molar-refractivity contribution in [2.24, 2.45) is 0 Å². The second-order valence-corrected chi connectivity index (χ2v) is 4.99. The predicted molar refractivity (Wildman–Crippen MR) is 70.4 cm³/mol. The van der Waals surface area contributed by atoms with Crippen molar-refractivity contribution < 1.29 is 14.0 Å². The van der Waals surface area contributed by atoms with Gasteiger partial charge >= 0.3 is 0 Å². The smallest absolute Gasteiger partial charge is 0.246 e. The third kappa shape index (κ3) is 3.23. The third-order valence-corrected chi connectivity index (χ3v) is 3.26. The van der Waals surface area contributed by atoms with Gasteiger partial charge in [-0.25, -0.2) is 0 Å². The summed E-state index contributed by atoms with van der Waals surface area (Å²) in [7, 11) is 0. The molecule has 2 heterocycles. The van der Waals surface area contributed by atoms with Crippen LogP contribution in [-0.4, -0.2) is 35.3 Å². The summed E-state index contributed by atoms with van der Waals surface area (Å²) in [5.41, 5.74) is 0. The first-order valence-corrected chi connectivity index (χ1v) is 6.74. The molecule has 1 saturated heterocycles. The minimum absolute atomic E-state index is 0.0745. The SMILES string of the molecule is CCCN1C(=O)CC(NC(C)Cc2ccco2)C1=O. The summed E-state index contributed by atoms with van der Waals surface area (Å²) in [5, 5.41) is 3.21. The molecule has 2 amide bonds. The van der Waals surface area contributed by atoms with E-state index in [2.05, 4.69) is 5.32 Å². The van der Waals surface area contributed by atoms with Crippen molar-refractivity contribution in [1.82, 2.24) is 10.2 Å². The number of likely N-dealkylation sites (tertiary alicyclic amines) is 1. The van der Waals surface area contributed by atoms with Crippen LogP contribution in [0.3, 0.4) is 0 Å². The van der Waals surface area contributed by atoms with Gasteiger partial charge < -0.3 is 9.73 Å². The highest BCUT2D eigenvalue weighted by Gasteiger charge is 2.38. The van der Waals surface area contributed by atoms with Crippen LogP contribution in [0.4, 0.5) is 0 Å². The average Bonchev–Trinajstić information content (AvgIpc) is 2.94. The van der Waals surface area contributed by atoms with Gasteiger partial charge in [0.2, 0.25) is 11.8 Å². The molecule has 0 aliphatic carbocycles. The van der Waals surface area contributed by atoms with Crippen LogP contribution in [0.1, 0.15) is 32.4 Å². The normalized spacial score (nSPS) is 21.2.